The second kappa shape index (κ2) is 12.2. The molecule has 0 aliphatic rings. The van der Waals surface area contributed by atoms with Crippen LogP contribution in [0.5, 0.6) is 5.75 Å². The van der Waals surface area contributed by atoms with E-state index in [1.54, 1.807) is 26.2 Å². The third-order valence-corrected chi connectivity index (χ3v) is 6.16. The summed E-state index contributed by atoms with van der Waals surface area (Å²) in [6.45, 7) is 1.95. The van der Waals surface area contributed by atoms with Gasteiger partial charge in [-0.05, 0) is 60.5 Å². The van der Waals surface area contributed by atoms with Crippen molar-refractivity contribution in [3.8, 4) is 17.0 Å². The first-order valence-corrected chi connectivity index (χ1v) is 12.1. The van der Waals surface area contributed by atoms with Crippen LogP contribution in [0.1, 0.15) is 12.0 Å². The van der Waals surface area contributed by atoms with Crippen LogP contribution in [0.4, 0.5) is 13.2 Å². The van der Waals surface area contributed by atoms with Gasteiger partial charge in [-0.2, -0.15) is 0 Å². The summed E-state index contributed by atoms with van der Waals surface area (Å²) in [5.74, 6) is -0.279. The number of nitrogens with one attached hydrogen (secondary N) is 1. The molecule has 2 aromatic carbocycles. The summed E-state index contributed by atoms with van der Waals surface area (Å²) in [5.41, 5.74) is 2.60. The molecule has 3 rings (SSSR count). The second-order valence-corrected chi connectivity index (χ2v) is 9.16. The van der Waals surface area contributed by atoms with Crippen molar-refractivity contribution in [3.05, 3.63) is 69.3 Å². The Hall–Kier alpha value is -2.82. The van der Waals surface area contributed by atoms with Crippen molar-refractivity contribution < 1.29 is 22.7 Å². The van der Waals surface area contributed by atoms with E-state index in [0.717, 1.165) is 28.0 Å². The van der Waals surface area contributed by atoms with E-state index in [2.05, 4.69) is 10.1 Å². The topological polar surface area (TPSA) is 58.9 Å². The molecule has 0 saturated carbocycles. The Morgan fingerprint density at radius 3 is 2.46 bits per heavy atom. The van der Waals surface area contributed by atoms with E-state index >= 15 is 0 Å². The van der Waals surface area contributed by atoms with Crippen molar-refractivity contribution in [1.29, 1.82) is 0 Å². The Morgan fingerprint density at radius 2 is 1.83 bits per heavy atom. The number of carbonyl (C=O) groups is 1. The van der Waals surface area contributed by atoms with Crippen molar-refractivity contribution in [2.24, 2.45) is 4.99 Å². The van der Waals surface area contributed by atoms with E-state index in [9.17, 15) is 18.0 Å². The SMILES string of the molecule is CN(C)C(=O)CNCCCn1c(-c2ccc(OC(F)(F)F)cc2)cs/c1=N\Cc1ccc(Cl)cc1. The van der Waals surface area contributed by atoms with E-state index in [1.165, 1.54) is 28.4 Å². The summed E-state index contributed by atoms with van der Waals surface area (Å²) in [6.07, 6.45) is -4.01. The summed E-state index contributed by atoms with van der Waals surface area (Å²) in [6, 6.07) is 13.2. The van der Waals surface area contributed by atoms with E-state index in [0.29, 0.717) is 24.7 Å². The zero-order valence-corrected chi connectivity index (χ0v) is 20.9. The monoisotopic (exact) mass is 526 g/mol. The molecule has 0 atom stereocenters. The summed E-state index contributed by atoms with van der Waals surface area (Å²) >= 11 is 7.42. The van der Waals surface area contributed by atoms with Gasteiger partial charge in [0.1, 0.15) is 5.75 Å². The Balaban J connectivity index is 1.79. The number of aromatic nitrogens is 1. The maximum atomic E-state index is 12.5. The number of rotatable bonds is 10. The minimum absolute atomic E-state index is 0.00584. The molecular weight excluding hydrogens is 501 g/mol. The number of hydrogen-bond donors (Lipinski definition) is 1. The number of halogens is 4. The molecule has 0 aliphatic carbocycles. The molecule has 11 heteroatoms. The molecule has 0 saturated heterocycles. The Morgan fingerprint density at radius 1 is 1.14 bits per heavy atom. The first kappa shape index (κ1) is 26.8. The molecule has 0 fully saturated rings. The third kappa shape index (κ3) is 8.41. The number of likely N-dealkylation sites (N-methyl/N-ethyl adjacent to an activating group) is 1. The minimum atomic E-state index is -4.74. The minimum Gasteiger partial charge on any atom is -0.406 e. The third-order valence-electron chi connectivity index (χ3n) is 5.00. The molecule has 0 radical (unpaired) electrons. The molecular formula is C24H26ClF3N4O2S. The fourth-order valence-corrected chi connectivity index (χ4v) is 4.26. The smallest absolute Gasteiger partial charge is 0.406 e. The van der Waals surface area contributed by atoms with Gasteiger partial charge in [0.05, 0.1) is 18.8 Å². The maximum Gasteiger partial charge on any atom is 0.573 e. The summed E-state index contributed by atoms with van der Waals surface area (Å²) < 4.78 is 43.5. The Bertz CT molecular complexity index is 1170. The number of nitrogens with zero attached hydrogens (tertiary/aromatic N) is 3. The molecule has 0 bridgehead atoms. The number of alkyl halides is 3. The average Bonchev–Trinajstić information content (AvgIpc) is 3.20. The predicted molar refractivity (Wildman–Crippen MR) is 131 cm³/mol. The molecule has 0 spiro atoms. The van der Waals surface area contributed by atoms with Crippen molar-refractivity contribution in [1.82, 2.24) is 14.8 Å². The molecule has 188 valence electrons. The molecule has 0 aliphatic heterocycles. The standard InChI is InChI=1S/C24H26ClF3N4O2S/c1-31(2)22(33)15-29-12-3-13-32-21(18-6-10-20(11-7-18)34-24(26,27)28)16-35-23(32)30-14-17-4-8-19(25)9-5-17/h4-11,16,29H,3,12-15H2,1-2H3/b30-23-. The average molecular weight is 527 g/mol. The van der Waals surface area contributed by atoms with Gasteiger partial charge in [0.2, 0.25) is 5.91 Å². The van der Waals surface area contributed by atoms with E-state index in [4.69, 9.17) is 16.6 Å². The van der Waals surface area contributed by atoms with Crippen LogP contribution < -0.4 is 14.9 Å². The molecule has 3 aromatic rings. The highest BCUT2D eigenvalue weighted by molar-refractivity contribution is 7.07. The maximum absolute atomic E-state index is 12.5. The van der Waals surface area contributed by atoms with Crippen molar-refractivity contribution >= 4 is 28.8 Å². The Labute approximate surface area is 210 Å². The van der Waals surface area contributed by atoms with Crippen molar-refractivity contribution in [2.45, 2.75) is 25.9 Å². The van der Waals surface area contributed by atoms with Gasteiger partial charge in [-0.1, -0.05) is 23.7 Å². The lowest BCUT2D eigenvalue weighted by Gasteiger charge is -2.13. The molecule has 6 nitrogen and oxygen atoms in total. The molecule has 1 aromatic heterocycles. The summed E-state index contributed by atoms with van der Waals surface area (Å²) in [5, 5.41) is 5.72. The van der Waals surface area contributed by atoms with Crippen LogP contribution in [0.25, 0.3) is 11.3 Å². The van der Waals surface area contributed by atoms with Crippen molar-refractivity contribution in [2.75, 3.05) is 27.2 Å². The predicted octanol–water partition coefficient (Wildman–Crippen LogP) is 4.94. The van der Waals surface area contributed by atoms with E-state index in [-0.39, 0.29) is 18.2 Å². The van der Waals surface area contributed by atoms with Crippen LogP contribution in [-0.2, 0) is 17.9 Å². The molecule has 35 heavy (non-hydrogen) atoms. The first-order chi connectivity index (χ1) is 16.6. The number of thiazole rings is 1. The van der Waals surface area contributed by atoms with E-state index < -0.39 is 6.36 Å². The van der Waals surface area contributed by atoms with Crippen LogP contribution in [0.3, 0.4) is 0 Å². The van der Waals surface area contributed by atoms with Crippen LogP contribution in [0.15, 0.2) is 58.9 Å². The molecule has 0 unspecified atom stereocenters. The second-order valence-electron chi connectivity index (χ2n) is 7.89. The zero-order valence-electron chi connectivity index (χ0n) is 19.3. The number of hydrogen-bond acceptors (Lipinski definition) is 5. The number of carbonyl (C=O) groups excluding carboxylic acids is 1. The number of benzene rings is 2. The lowest BCUT2D eigenvalue weighted by Crippen LogP contribution is -2.33. The number of ether oxygens (including phenoxy) is 1. The largest absolute Gasteiger partial charge is 0.573 e. The van der Waals surface area contributed by atoms with Crippen LogP contribution in [-0.4, -0.2) is 48.9 Å². The van der Waals surface area contributed by atoms with Gasteiger partial charge < -0.3 is 19.5 Å². The van der Waals surface area contributed by atoms with Crippen LogP contribution in [0.2, 0.25) is 5.02 Å². The van der Waals surface area contributed by atoms with Crippen LogP contribution >= 0.6 is 22.9 Å². The normalized spacial score (nSPS) is 12.1. The Kier molecular flexibility index (Phi) is 9.36. The highest BCUT2D eigenvalue weighted by Gasteiger charge is 2.31. The van der Waals surface area contributed by atoms with Gasteiger partial charge in [0.25, 0.3) is 0 Å². The van der Waals surface area contributed by atoms with Gasteiger partial charge in [-0.25, -0.2) is 0 Å². The van der Waals surface area contributed by atoms with Gasteiger partial charge in [-0.3, -0.25) is 9.79 Å². The quantitative estimate of drug-likeness (QED) is 0.381. The fourth-order valence-electron chi connectivity index (χ4n) is 3.19. The number of amides is 1. The van der Waals surface area contributed by atoms with E-state index in [1.807, 2.05) is 34.2 Å². The lowest BCUT2D eigenvalue weighted by atomic mass is 10.1. The summed E-state index contributed by atoms with van der Waals surface area (Å²) in [4.78, 5) is 18.8. The van der Waals surface area contributed by atoms with Gasteiger partial charge in [0.15, 0.2) is 4.80 Å². The van der Waals surface area contributed by atoms with Gasteiger partial charge in [-0.15, -0.1) is 24.5 Å². The van der Waals surface area contributed by atoms with Crippen LogP contribution in [0, 0.1) is 0 Å². The highest BCUT2D eigenvalue weighted by Crippen LogP contribution is 2.27. The lowest BCUT2D eigenvalue weighted by molar-refractivity contribution is -0.274. The fraction of sp³-hybridized carbons (Fsp3) is 0.333. The summed E-state index contributed by atoms with van der Waals surface area (Å²) in [7, 11) is 3.41. The molecule has 1 heterocycles. The highest BCUT2D eigenvalue weighted by atomic mass is 35.5. The molecule has 1 N–H and O–H groups in total. The van der Waals surface area contributed by atoms with Crippen molar-refractivity contribution in [3.63, 3.8) is 0 Å². The van der Waals surface area contributed by atoms with Gasteiger partial charge in [0, 0.05) is 31.0 Å². The zero-order chi connectivity index (χ0) is 25.4. The molecule has 1 amide bonds. The van der Waals surface area contributed by atoms with Gasteiger partial charge >= 0.3 is 6.36 Å². The first-order valence-electron chi connectivity index (χ1n) is 10.8.